The van der Waals surface area contributed by atoms with Gasteiger partial charge in [0.15, 0.2) is 0 Å². The summed E-state index contributed by atoms with van der Waals surface area (Å²) in [6.07, 6.45) is 4.60. The molecule has 2 rings (SSSR count). The van der Waals surface area contributed by atoms with Crippen LogP contribution in [0, 0.1) is 5.41 Å². The van der Waals surface area contributed by atoms with Gasteiger partial charge < -0.3 is 5.11 Å². The van der Waals surface area contributed by atoms with E-state index in [1.54, 1.807) is 11.3 Å². The third kappa shape index (κ3) is 1.94. The van der Waals surface area contributed by atoms with Crippen molar-refractivity contribution in [2.45, 2.75) is 38.7 Å². The van der Waals surface area contributed by atoms with E-state index in [1.807, 2.05) is 6.92 Å². The van der Waals surface area contributed by atoms with Gasteiger partial charge in [-0.3, -0.25) is 0 Å². The molecule has 0 spiro atoms. The van der Waals surface area contributed by atoms with Crippen molar-refractivity contribution in [3.05, 3.63) is 22.4 Å². The second-order valence-corrected chi connectivity index (χ2v) is 4.95. The first-order valence-electron chi connectivity index (χ1n) is 4.92. The maximum absolute atomic E-state index is 9.57. The summed E-state index contributed by atoms with van der Waals surface area (Å²) in [6.45, 7) is 1.93. The van der Waals surface area contributed by atoms with Crippen LogP contribution < -0.4 is 0 Å². The molecule has 1 unspecified atom stereocenters. The van der Waals surface area contributed by atoms with Crippen molar-refractivity contribution in [2.75, 3.05) is 0 Å². The number of aliphatic hydroxyl groups is 1. The quantitative estimate of drug-likeness (QED) is 0.785. The van der Waals surface area contributed by atoms with Crippen molar-refractivity contribution in [2.24, 2.45) is 5.41 Å². The molecule has 0 radical (unpaired) electrons. The van der Waals surface area contributed by atoms with Crippen LogP contribution in [0.2, 0.25) is 0 Å². The molecule has 13 heavy (non-hydrogen) atoms. The number of aliphatic hydroxyl groups excluding tert-OH is 1. The highest BCUT2D eigenvalue weighted by atomic mass is 32.1. The molecular formula is C11H16OS. The van der Waals surface area contributed by atoms with Gasteiger partial charge in [0.05, 0.1) is 6.10 Å². The largest absolute Gasteiger partial charge is 0.393 e. The van der Waals surface area contributed by atoms with E-state index in [-0.39, 0.29) is 11.5 Å². The van der Waals surface area contributed by atoms with Crippen LogP contribution in [0.4, 0.5) is 0 Å². The molecule has 1 atom stereocenters. The van der Waals surface area contributed by atoms with Gasteiger partial charge >= 0.3 is 0 Å². The lowest BCUT2D eigenvalue weighted by Crippen LogP contribution is -2.18. The number of rotatable bonds is 4. The first kappa shape index (κ1) is 9.22. The third-order valence-corrected chi connectivity index (χ3v) is 4.00. The molecule has 1 saturated carbocycles. The Balaban J connectivity index is 1.86. The van der Waals surface area contributed by atoms with E-state index in [1.165, 1.54) is 18.4 Å². The van der Waals surface area contributed by atoms with Crippen LogP contribution in [0.3, 0.4) is 0 Å². The fourth-order valence-electron chi connectivity index (χ4n) is 1.87. The van der Waals surface area contributed by atoms with Crippen molar-refractivity contribution in [3.8, 4) is 0 Å². The molecule has 1 fully saturated rings. The summed E-state index contributed by atoms with van der Waals surface area (Å²) < 4.78 is 0. The van der Waals surface area contributed by atoms with E-state index < -0.39 is 0 Å². The molecule has 2 heteroatoms. The molecule has 0 amide bonds. The lowest BCUT2D eigenvalue weighted by molar-refractivity contribution is 0.105. The average Bonchev–Trinajstić information content (AvgIpc) is 2.73. The monoisotopic (exact) mass is 196 g/mol. The number of thiophene rings is 1. The van der Waals surface area contributed by atoms with Crippen LogP contribution in [0.5, 0.6) is 0 Å². The molecule has 1 aliphatic rings. The zero-order valence-corrected chi connectivity index (χ0v) is 8.81. The number of hydrogen-bond donors (Lipinski definition) is 1. The SMILES string of the molecule is CC(O)C1(CCc2ccsc2)CC1. The van der Waals surface area contributed by atoms with Gasteiger partial charge in [-0.2, -0.15) is 11.3 Å². The maximum atomic E-state index is 9.57. The van der Waals surface area contributed by atoms with E-state index in [0.29, 0.717) is 0 Å². The summed E-state index contributed by atoms with van der Waals surface area (Å²) in [5.41, 5.74) is 1.71. The minimum atomic E-state index is -0.119. The van der Waals surface area contributed by atoms with Crippen molar-refractivity contribution >= 4 is 11.3 Å². The van der Waals surface area contributed by atoms with Gasteiger partial charge in [-0.1, -0.05) is 0 Å². The Labute approximate surface area is 83.4 Å². The summed E-state index contributed by atoms with van der Waals surface area (Å²) in [4.78, 5) is 0. The predicted octanol–water partition coefficient (Wildman–Crippen LogP) is 2.84. The van der Waals surface area contributed by atoms with Crippen LogP contribution in [-0.4, -0.2) is 11.2 Å². The Kier molecular flexibility index (Phi) is 2.43. The first-order chi connectivity index (χ1) is 6.23. The summed E-state index contributed by atoms with van der Waals surface area (Å²) in [7, 11) is 0. The standard InChI is InChI=1S/C11H16OS/c1-9(12)11(5-6-11)4-2-10-3-7-13-8-10/h3,7-9,12H,2,4-6H2,1H3. The highest BCUT2D eigenvalue weighted by molar-refractivity contribution is 7.07. The van der Waals surface area contributed by atoms with E-state index >= 15 is 0 Å². The molecule has 0 saturated heterocycles. The zero-order valence-electron chi connectivity index (χ0n) is 7.99. The molecule has 1 heterocycles. The van der Waals surface area contributed by atoms with Crippen LogP contribution in [-0.2, 0) is 6.42 Å². The maximum Gasteiger partial charge on any atom is 0.0568 e. The second kappa shape index (κ2) is 3.43. The van der Waals surface area contributed by atoms with Gasteiger partial charge in [-0.15, -0.1) is 0 Å². The topological polar surface area (TPSA) is 20.2 Å². The first-order valence-corrected chi connectivity index (χ1v) is 5.86. The van der Waals surface area contributed by atoms with E-state index in [0.717, 1.165) is 12.8 Å². The van der Waals surface area contributed by atoms with Crippen molar-refractivity contribution < 1.29 is 5.11 Å². The molecule has 0 aromatic carbocycles. The zero-order chi connectivity index (χ0) is 9.31. The fourth-order valence-corrected chi connectivity index (χ4v) is 2.57. The Morgan fingerprint density at radius 1 is 1.62 bits per heavy atom. The minimum Gasteiger partial charge on any atom is -0.393 e. The van der Waals surface area contributed by atoms with Crippen LogP contribution >= 0.6 is 11.3 Å². The van der Waals surface area contributed by atoms with E-state index in [2.05, 4.69) is 16.8 Å². The highest BCUT2D eigenvalue weighted by Crippen LogP contribution is 2.52. The van der Waals surface area contributed by atoms with E-state index in [9.17, 15) is 5.11 Å². The Hall–Kier alpha value is -0.340. The van der Waals surface area contributed by atoms with Gasteiger partial charge in [0.2, 0.25) is 0 Å². The molecule has 1 aromatic rings. The van der Waals surface area contributed by atoms with Gasteiger partial charge in [-0.25, -0.2) is 0 Å². The third-order valence-electron chi connectivity index (χ3n) is 3.27. The summed E-state index contributed by atoms with van der Waals surface area (Å²) in [5, 5.41) is 13.9. The Morgan fingerprint density at radius 3 is 2.85 bits per heavy atom. The molecular weight excluding hydrogens is 180 g/mol. The summed E-state index contributed by atoms with van der Waals surface area (Å²) in [6, 6.07) is 2.18. The Bertz CT molecular complexity index is 260. The molecule has 0 bridgehead atoms. The summed E-state index contributed by atoms with van der Waals surface area (Å²) in [5.74, 6) is 0. The molecule has 72 valence electrons. The normalized spacial score (nSPS) is 21.4. The van der Waals surface area contributed by atoms with Crippen LogP contribution in [0.25, 0.3) is 0 Å². The molecule has 1 N–H and O–H groups in total. The van der Waals surface area contributed by atoms with E-state index in [4.69, 9.17) is 0 Å². The van der Waals surface area contributed by atoms with Crippen molar-refractivity contribution in [3.63, 3.8) is 0 Å². The van der Waals surface area contributed by atoms with Crippen LogP contribution in [0.15, 0.2) is 16.8 Å². The molecule has 0 aliphatic heterocycles. The molecule has 1 nitrogen and oxygen atoms in total. The average molecular weight is 196 g/mol. The summed E-state index contributed by atoms with van der Waals surface area (Å²) >= 11 is 1.76. The number of aryl methyl sites for hydroxylation is 1. The molecule has 1 aliphatic carbocycles. The minimum absolute atomic E-state index is 0.119. The van der Waals surface area contributed by atoms with Gasteiger partial charge in [0.1, 0.15) is 0 Å². The van der Waals surface area contributed by atoms with Crippen molar-refractivity contribution in [1.29, 1.82) is 0 Å². The number of hydrogen-bond acceptors (Lipinski definition) is 2. The fraction of sp³-hybridized carbons (Fsp3) is 0.636. The second-order valence-electron chi connectivity index (χ2n) is 4.17. The predicted molar refractivity (Wildman–Crippen MR) is 56.0 cm³/mol. The van der Waals surface area contributed by atoms with Gasteiger partial charge in [0, 0.05) is 0 Å². The van der Waals surface area contributed by atoms with Crippen molar-refractivity contribution in [1.82, 2.24) is 0 Å². The van der Waals surface area contributed by atoms with Crippen LogP contribution in [0.1, 0.15) is 31.7 Å². The molecule has 1 aromatic heterocycles. The highest BCUT2D eigenvalue weighted by Gasteiger charge is 2.45. The van der Waals surface area contributed by atoms with Gasteiger partial charge in [0.25, 0.3) is 0 Å². The lowest BCUT2D eigenvalue weighted by Gasteiger charge is -2.17. The van der Waals surface area contributed by atoms with Gasteiger partial charge in [-0.05, 0) is 60.4 Å². The smallest absolute Gasteiger partial charge is 0.0568 e. The lowest BCUT2D eigenvalue weighted by atomic mass is 9.93. The Morgan fingerprint density at radius 2 is 2.38 bits per heavy atom.